The molecule has 2 atom stereocenters. The molecule has 1 heterocycles. The zero-order valence-electron chi connectivity index (χ0n) is 14.5. The lowest BCUT2D eigenvalue weighted by Gasteiger charge is -2.51. The number of carboxylic acid groups (broad SMARTS) is 1. The fraction of sp³-hybridized carbons (Fsp3) is 0.350. The lowest BCUT2D eigenvalue weighted by Crippen LogP contribution is -2.66. The van der Waals surface area contributed by atoms with E-state index in [4.69, 9.17) is 9.47 Å². The summed E-state index contributed by atoms with van der Waals surface area (Å²) in [5.41, 5.74) is 0.836. The molecule has 2 N–H and O–H groups in total. The maximum Gasteiger partial charge on any atom is 0.308 e. The number of nitroso groups, excluding NO2 is 1. The second kappa shape index (κ2) is 6.89. The van der Waals surface area contributed by atoms with Gasteiger partial charge in [0.05, 0.1) is 12.5 Å². The summed E-state index contributed by atoms with van der Waals surface area (Å²) in [4.78, 5) is 22.3. The molecule has 1 fully saturated rings. The van der Waals surface area contributed by atoms with Crippen molar-refractivity contribution in [2.24, 2.45) is 5.18 Å². The third kappa shape index (κ3) is 3.20. The molecule has 2 aromatic carbocycles. The molecular formula is C20H18N2O5. The fourth-order valence-corrected chi connectivity index (χ4v) is 3.59. The smallest absolute Gasteiger partial charge is 0.308 e. The molecule has 2 unspecified atom stereocenters. The van der Waals surface area contributed by atoms with Gasteiger partial charge in [-0.1, -0.05) is 12.1 Å². The Hall–Kier alpha value is -3.11. The summed E-state index contributed by atoms with van der Waals surface area (Å²) in [5, 5.41) is 15.6. The Balaban J connectivity index is 1.56. The molecule has 0 aromatic heterocycles. The summed E-state index contributed by atoms with van der Waals surface area (Å²) in [6.45, 7) is 1.03. The molecule has 0 amide bonds. The molecular weight excluding hydrogens is 348 g/mol. The highest BCUT2D eigenvalue weighted by molar-refractivity contribution is 5.76. The number of fused-ring (bicyclic) bond motifs is 1. The van der Waals surface area contributed by atoms with E-state index in [0.29, 0.717) is 24.7 Å². The highest BCUT2D eigenvalue weighted by Gasteiger charge is 2.52. The van der Waals surface area contributed by atoms with Crippen LogP contribution < -0.4 is 14.8 Å². The number of benzene rings is 1. The van der Waals surface area contributed by atoms with Crippen LogP contribution in [0.15, 0.2) is 35.5 Å². The van der Waals surface area contributed by atoms with E-state index in [2.05, 4.69) is 22.6 Å². The Morgan fingerprint density at radius 2 is 2.26 bits per heavy atom. The van der Waals surface area contributed by atoms with Crippen LogP contribution in [-0.4, -0.2) is 29.3 Å². The second-order valence-corrected chi connectivity index (χ2v) is 6.82. The van der Waals surface area contributed by atoms with Gasteiger partial charge in [0.1, 0.15) is 12.3 Å². The molecule has 27 heavy (non-hydrogen) atoms. The van der Waals surface area contributed by atoms with Crippen LogP contribution in [0.1, 0.15) is 24.0 Å². The summed E-state index contributed by atoms with van der Waals surface area (Å²) in [5.74, 6) is -0.296. The van der Waals surface area contributed by atoms with Crippen molar-refractivity contribution in [3.63, 3.8) is 0 Å². The van der Waals surface area contributed by atoms with Crippen molar-refractivity contribution in [3.8, 4) is 11.5 Å². The molecule has 0 saturated heterocycles. The van der Waals surface area contributed by atoms with Crippen LogP contribution in [0.25, 0.3) is 0 Å². The fourth-order valence-electron chi connectivity index (χ4n) is 3.59. The summed E-state index contributed by atoms with van der Waals surface area (Å²) >= 11 is 0. The van der Waals surface area contributed by atoms with Gasteiger partial charge in [-0.05, 0) is 53.9 Å². The Labute approximate surface area is 156 Å². The van der Waals surface area contributed by atoms with E-state index < -0.39 is 11.6 Å². The number of nitrogens with zero attached hydrogens (tertiary/aromatic N) is 1. The summed E-state index contributed by atoms with van der Waals surface area (Å²) < 4.78 is 12.1. The number of nitrogens with one attached hydrogen (secondary N) is 1. The topological polar surface area (TPSA) is 97.2 Å². The first-order chi connectivity index (χ1) is 13.1. The van der Waals surface area contributed by atoms with Crippen LogP contribution in [0.5, 0.6) is 11.5 Å². The number of aliphatic carboxylic acids is 1. The Bertz CT molecular complexity index is 870. The van der Waals surface area contributed by atoms with Crippen LogP contribution in [0, 0.1) is 17.0 Å². The van der Waals surface area contributed by atoms with E-state index >= 15 is 0 Å². The van der Waals surface area contributed by atoms with Crippen molar-refractivity contribution < 1.29 is 19.4 Å². The minimum absolute atomic E-state index is 0.0559. The molecule has 7 nitrogen and oxygen atoms in total. The van der Waals surface area contributed by atoms with Crippen LogP contribution in [0.3, 0.4) is 0 Å². The molecule has 7 heteroatoms. The van der Waals surface area contributed by atoms with Crippen LogP contribution in [0.4, 0.5) is 5.69 Å². The Morgan fingerprint density at radius 3 is 2.93 bits per heavy atom. The summed E-state index contributed by atoms with van der Waals surface area (Å²) in [7, 11) is 0. The molecule has 1 saturated carbocycles. The first kappa shape index (κ1) is 17.3. The second-order valence-electron chi connectivity index (χ2n) is 6.82. The van der Waals surface area contributed by atoms with Gasteiger partial charge in [-0.3, -0.25) is 4.79 Å². The molecule has 0 bridgehead atoms. The zero-order valence-corrected chi connectivity index (χ0v) is 14.5. The number of carboxylic acids is 1. The number of carbonyl (C=O) groups is 1. The first-order valence-electron chi connectivity index (χ1n) is 8.74. The van der Waals surface area contributed by atoms with Gasteiger partial charge in [-0.2, -0.15) is 0 Å². The number of ether oxygens (including phenoxy) is 2. The van der Waals surface area contributed by atoms with Crippen molar-refractivity contribution in [1.82, 2.24) is 5.32 Å². The number of hydrogen-bond acceptors (Lipinski definition) is 6. The normalized spacial score (nSPS) is 22.6. The van der Waals surface area contributed by atoms with Crippen molar-refractivity contribution in [2.45, 2.75) is 37.5 Å². The van der Waals surface area contributed by atoms with Crippen molar-refractivity contribution >= 4 is 11.7 Å². The maximum atomic E-state index is 11.2. The third-order valence-electron chi connectivity index (χ3n) is 5.17. The Morgan fingerprint density at radius 1 is 1.37 bits per heavy atom. The molecule has 2 aromatic rings. The minimum atomic E-state index is -1.06. The van der Waals surface area contributed by atoms with Gasteiger partial charge in [-0.25, -0.2) is 0 Å². The molecule has 1 aliphatic carbocycles. The van der Waals surface area contributed by atoms with Gasteiger partial charge in [0.25, 0.3) is 0 Å². The molecule has 1 spiro atoms. The lowest BCUT2D eigenvalue weighted by atomic mass is 9.74. The van der Waals surface area contributed by atoms with Gasteiger partial charge in [0.2, 0.25) is 0 Å². The SMILES string of the molecule is O=Nc1ccc2c(c1CC(=O)O)OC1(CCC1NCc1cc#ccc1)CO2. The van der Waals surface area contributed by atoms with Gasteiger partial charge < -0.3 is 19.9 Å². The average Bonchev–Trinajstić information content (AvgIpc) is 2.67. The van der Waals surface area contributed by atoms with E-state index in [1.54, 1.807) is 6.07 Å². The first-order valence-corrected chi connectivity index (χ1v) is 8.74. The van der Waals surface area contributed by atoms with E-state index in [9.17, 15) is 14.8 Å². The quantitative estimate of drug-likeness (QED) is 0.763. The van der Waals surface area contributed by atoms with Crippen molar-refractivity contribution in [2.75, 3.05) is 6.61 Å². The number of rotatable bonds is 6. The minimum Gasteiger partial charge on any atom is -0.485 e. The molecule has 2 aliphatic rings. The van der Waals surface area contributed by atoms with E-state index in [1.165, 1.54) is 6.07 Å². The van der Waals surface area contributed by atoms with Crippen LogP contribution in [-0.2, 0) is 17.8 Å². The standard InChI is InChI=1S/C20H18N2O5/c23-18(24)10-14-15(22-25)6-7-16-19(14)27-20(12-26-16)9-8-17(20)21-11-13-4-2-1-3-5-13/h2,4-7,17,21H,8-12H2,(H,23,24). The van der Waals surface area contributed by atoms with Gasteiger partial charge >= 0.3 is 5.97 Å². The number of hydrogen-bond donors (Lipinski definition) is 2. The van der Waals surface area contributed by atoms with Gasteiger partial charge in [0, 0.05) is 12.1 Å². The van der Waals surface area contributed by atoms with Crippen molar-refractivity contribution in [3.05, 3.63) is 58.5 Å². The van der Waals surface area contributed by atoms with Gasteiger partial charge in [-0.15, -0.1) is 4.91 Å². The molecule has 1 aliphatic heterocycles. The largest absolute Gasteiger partial charge is 0.485 e. The maximum absolute atomic E-state index is 11.2. The monoisotopic (exact) mass is 366 g/mol. The summed E-state index contributed by atoms with van der Waals surface area (Å²) in [6, 6.07) is 14.6. The van der Waals surface area contributed by atoms with Gasteiger partial charge in [0.15, 0.2) is 17.1 Å². The molecule has 0 radical (unpaired) electrons. The Kier molecular flexibility index (Phi) is 4.42. The molecule has 4 rings (SSSR count). The van der Waals surface area contributed by atoms with E-state index in [-0.39, 0.29) is 23.7 Å². The molecule has 138 valence electrons. The zero-order chi connectivity index (χ0) is 18.9. The predicted octanol–water partition coefficient (Wildman–Crippen LogP) is 2.77. The van der Waals surface area contributed by atoms with Crippen molar-refractivity contribution in [1.29, 1.82) is 0 Å². The van der Waals surface area contributed by atoms with Crippen LogP contribution >= 0.6 is 0 Å². The van der Waals surface area contributed by atoms with E-state index in [0.717, 1.165) is 18.4 Å². The highest BCUT2D eigenvalue weighted by atomic mass is 16.6. The predicted molar refractivity (Wildman–Crippen MR) is 96.1 cm³/mol. The summed E-state index contributed by atoms with van der Waals surface area (Å²) in [6.07, 6.45) is 1.35. The third-order valence-corrected chi connectivity index (χ3v) is 5.17. The highest BCUT2D eigenvalue weighted by Crippen LogP contribution is 2.48. The average molecular weight is 366 g/mol. The van der Waals surface area contributed by atoms with E-state index in [1.807, 2.05) is 18.2 Å². The lowest BCUT2D eigenvalue weighted by molar-refractivity contribution is -0.136. The van der Waals surface area contributed by atoms with Crippen LogP contribution in [0.2, 0.25) is 0 Å².